The average molecular weight is 322 g/mol. The Morgan fingerprint density at radius 2 is 1.71 bits per heavy atom. The van der Waals surface area contributed by atoms with Crippen molar-refractivity contribution in [3.63, 3.8) is 0 Å². The first-order chi connectivity index (χ1) is 11.7. The molecule has 0 atom stereocenters. The summed E-state index contributed by atoms with van der Waals surface area (Å²) >= 11 is 0. The summed E-state index contributed by atoms with van der Waals surface area (Å²) in [5.41, 5.74) is 1.44. The SMILES string of the molecule is CCN(c1ccccc1)c1cc(Nc2ccccc2F)nc(C)n1. The van der Waals surface area contributed by atoms with Gasteiger partial charge in [-0.05, 0) is 38.1 Å². The van der Waals surface area contributed by atoms with Gasteiger partial charge in [-0.25, -0.2) is 14.4 Å². The number of nitrogens with zero attached hydrogens (tertiary/aromatic N) is 3. The molecule has 3 aromatic rings. The van der Waals surface area contributed by atoms with Crippen LogP contribution in [-0.2, 0) is 0 Å². The van der Waals surface area contributed by atoms with E-state index in [2.05, 4.69) is 27.1 Å². The smallest absolute Gasteiger partial charge is 0.146 e. The van der Waals surface area contributed by atoms with Gasteiger partial charge < -0.3 is 10.2 Å². The van der Waals surface area contributed by atoms with E-state index in [1.807, 2.05) is 43.3 Å². The first kappa shape index (κ1) is 15.9. The molecular weight excluding hydrogens is 303 g/mol. The van der Waals surface area contributed by atoms with Crippen LogP contribution >= 0.6 is 0 Å². The van der Waals surface area contributed by atoms with Crippen molar-refractivity contribution in [1.29, 1.82) is 0 Å². The van der Waals surface area contributed by atoms with Crippen LogP contribution in [0.4, 0.5) is 27.4 Å². The summed E-state index contributed by atoms with van der Waals surface area (Å²) in [5, 5.41) is 3.03. The van der Waals surface area contributed by atoms with E-state index in [0.717, 1.165) is 18.1 Å². The molecule has 0 aliphatic carbocycles. The fourth-order valence-electron chi connectivity index (χ4n) is 2.54. The molecule has 4 nitrogen and oxygen atoms in total. The molecule has 1 aromatic heterocycles. The van der Waals surface area contributed by atoms with E-state index in [9.17, 15) is 4.39 Å². The van der Waals surface area contributed by atoms with Crippen LogP contribution in [0.5, 0.6) is 0 Å². The maximum Gasteiger partial charge on any atom is 0.146 e. The molecule has 2 aromatic carbocycles. The normalized spacial score (nSPS) is 10.5. The number of nitrogens with one attached hydrogen (secondary N) is 1. The molecule has 122 valence electrons. The van der Waals surface area contributed by atoms with Gasteiger partial charge in [-0.3, -0.25) is 0 Å². The van der Waals surface area contributed by atoms with Crippen molar-refractivity contribution in [2.75, 3.05) is 16.8 Å². The van der Waals surface area contributed by atoms with Gasteiger partial charge in [-0.15, -0.1) is 0 Å². The van der Waals surface area contributed by atoms with Crippen molar-refractivity contribution < 1.29 is 4.39 Å². The highest BCUT2D eigenvalue weighted by Crippen LogP contribution is 2.26. The van der Waals surface area contributed by atoms with Gasteiger partial charge in [0.15, 0.2) is 0 Å². The Balaban J connectivity index is 1.95. The minimum atomic E-state index is -0.314. The first-order valence-electron chi connectivity index (χ1n) is 7.87. The summed E-state index contributed by atoms with van der Waals surface area (Å²) in [4.78, 5) is 11.0. The Hall–Kier alpha value is -2.95. The monoisotopic (exact) mass is 322 g/mol. The van der Waals surface area contributed by atoms with Crippen LogP contribution in [0.15, 0.2) is 60.7 Å². The third-order valence-electron chi connectivity index (χ3n) is 3.62. The molecule has 0 spiro atoms. The zero-order chi connectivity index (χ0) is 16.9. The van der Waals surface area contributed by atoms with Gasteiger partial charge in [0.05, 0.1) is 5.69 Å². The Labute approximate surface area is 141 Å². The van der Waals surface area contributed by atoms with Crippen LogP contribution < -0.4 is 10.2 Å². The van der Waals surface area contributed by atoms with Crippen molar-refractivity contribution in [1.82, 2.24) is 9.97 Å². The fraction of sp³-hybridized carbons (Fsp3) is 0.158. The van der Waals surface area contributed by atoms with Crippen LogP contribution in [0.3, 0.4) is 0 Å². The number of para-hydroxylation sites is 2. The van der Waals surface area contributed by atoms with Crippen LogP contribution in [0, 0.1) is 12.7 Å². The quantitative estimate of drug-likeness (QED) is 0.731. The van der Waals surface area contributed by atoms with Gasteiger partial charge in [0.1, 0.15) is 23.3 Å². The lowest BCUT2D eigenvalue weighted by Crippen LogP contribution is -2.18. The van der Waals surface area contributed by atoms with Gasteiger partial charge in [0.2, 0.25) is 0 Å². The number of aromatic nitrogens is 2. The van der Waals surface area contributed by atoms with Crippen LogP contribution in [0.2, 0.25) is 0 Å². The van der Waals surface area contributed by atoms with E-state index in [1.54, 1.807) is 18.2 Å². The third kappa shape index (κ3) is 3.51. The number of hydrogen-bond acceptors (Lipinski definition) is 4. The van der Waals surface area contributed by atoms with E-state index in [-0.39, 0.29) is 5.82 Å². The van der Waals surface area contributed by atoms with Crippen molar-refractivity contribution in [2.24, 2.45) is 0 Å². The zero-order valence-electron chi connectivity index (χ0n) is 13.7. The second kappa shape index (κ2) is 7.08. The van der Waals surface area contributed by atoms with Gasteiger partial charge in [-0.1, -0.05) is 30.3 Å². The van der Waals surface area contributed by atoms with Crippen molar-refractivity contribution >= 4 is 23.0 Å². The lowest BCUT2D eigenvalue weighted by Gasteiger charge is -2.23. The third-order valence-corrected chi connectivity index (χ3v) is 3.62. The van der Waals surface area contributed by atoms with Gasteiger partial charge in [0, 0.05) is 18.3 Å². The Kier molecular flexibility index (Phi) is 4.70. The van der Waals surface area contributed by atoms with E-state index in [4.69, 9.17) is 0 Å². The van der Waals surface area contributed by atoms with E-state index in [1.165, 1.54) is 6.07 Å². The van der Waals surface area contributed by atoms with Crippen molar-refractivity contribution in [2.45, 2.75) is 13.8 Å². The van der Waals surface area contributed by atoms with Gasteiger partial charge >= 0.3 is 0 Å². The molecule has 0 fully saturated rings. The fourth-order valence-corrected chi connectivity index (χ4v) is 2.54. The Morgan fingerprint density at radius 1 is 1.00 bits per heavy atom. The lowest BCUT2D eigenvalue weighted by molar-refractivity contribution is 0.632. The first-order valence-corrected chi connectivity index (χ1v) is 7.87. The molecule has 3 rings (SSSR count). The predicted octanol–water partition coefficient (Wildman–Crippen LogP) is 4.83. The summed E-state index contributed by atoms with van der Waals surface area (Å²) in [5.74, 6) is 1.65. The Bertz CT molecular complexity index is 821. The minimum Gasteiger partial charge on any atom is -0.338 e. The number of benzene rings is 2. The van der Waals surface area contributed by atoms with E-state index in [0.29, 0.717) is 17.3 Å². The average Bonchev–Trinajstić information content (AvgIpc) is 2.58. The van der Waals surface area contributed by atoms with Crippen LogP contribution in [0.1, 0.15) is 12.7 Å². The summed E-state index contributed by atoms with van der Waals surface area (Å²) in [6.45, 7) is 4.66. The molecule has 0 saturated heterocycles. The minimum absolute atomic E-state index is 0.314. The molecular formula is C19H19FN4. The zero-order valence-corrected chi connectivity index (χ0v) is 13.7. The molecule has 1 heterocycles. The van der Waals surface area contributed by atoms with E-state index < -0.39 is 0 Å². The highest BCUT2D eigenvalue weighted by molar-refractivity contribution is 5.65. The number of rotatable bonds is 5. The molecule has 5 heteroatoms. The summed E-state index contributed by atoms with van der Waals surface area (Å²) in [6, 6.07) is 18.4. The van der Waals surface area contributed by atoms with Gasteiger partial charge in [0.25, 0.3) is 0 Å². The lowest BCUT2D eigenvalue weighted by atomic mass is 10.2. The maximum atomic E-state index is 13.8. The molecule has 1 N–H and O–H groups in total. The van der Waals surface area contributed by atoms with Crippen LogP contribution in [-0.4, -0.2) is 16.5 Å². The highest BCUT2D eigenvalue weighted by atomic mass is 19.1. The Morgan fingerprint density at radius 3 is 2.42 bits per heavy atom. The van der Waals surface area contributed by atoms with Crippen LogP contribution in [0.25, 0.3) is 0 Å². The molecule has 0 amide bonds. The molecule has 0 radical (unpaired) electrons. The van der Waals surface area contributed by atoms with Crippen molar-refractivity contribution in [3.05, 3.63) is 72.3 Å². The molecule has 0 aliphatic rings. The summed E-state index contributed by atoms with van der Waals surface area (Å²) in [6.07, 6.45) is 0. The molecule has 0 saturated carbocycles. The van der Waals surface area contributed by atoms with E-state index >= 15 is 0 Å². The topological polar surface area (TPSA) is 41.0 Å². The molecule has 0 unspecified atom stereocenters. The molecule has 0 aliphatic heterocycles. The second-order valence-electron chi connectivity index (χ2n) is 5.34. The standard InChI is InChI=1S/C19H19FN4/c1-3-24(15-9-5-4-6-10-15)19-13-18(21-14(2)22-19)23-17-12-8-7-11-16(17)20/h4-13H,3H2,1-2H3,(H,21,22,23). The molecule has 0 bridgehead atoms. The number of aryl methyl sites for hydroxylation is 1. The maximum absolute atomic E-state index is 13.8. The summed E-state index contributed by atoms with van der Waals surface area (Å²) in [7, 11) is 0. The number of anilines is 4. The number of halogens is 1. The van der Waals surface area contributed by atoms with Gasteiger partial charge in [-0.2, -0.15) is 0 Å². The molecule has 24 heavy (non-hydrogen) atoms. The van der Waals surface area contributed by atoms with Crippen molar-refractivity contribution in [3.8, 4) is 0 Å². The predicted molar refractivity (Wildman–Crippen MR) is 95.6 cm³/mol. The largest absolute Gasteiger partial charge is 0.338 e. The number of hydrogen-bond donors (Lipinski definition) is 1. The second-order valence-corrected chi connectivity index (χ2v) is 5.34. The highest BCUT2D eigenvalue weighted by Gasteiger charge is 2.12. The summed E-state index contributed by atoms with van der Waals surface area (Å²) < 4.78 is 13.8.